The third-order valence-corrected chi connectivity index (χ3v) is 6.92. The average Bonchev–Trinajstić information content (AvgIpc) is 3.54. The molecule has 0 spiro atoms. The number of para-hydroxylation sites is 1. The van der Waals surface area contributed by atoms with Gasteiger partial charge in [-0.05, 0) is 56.3 Å². The number of carbonyl (C=O) groups excluding carboxylic acids is 2. The fraction of sp³-hybridized carbons (Fsp3) is 0.154. The van der Waals surface area contributed by atoms with Crippen molar-refractivity contribution >= 4 is 49.5 Å². The van der Waals surface area contributed by atoms with Gasteiger partial charge in [-0.1, -0.05) is 23.5 Å². The Balaban J connectivity index is 1.55. The molecule has 174 valence electrons. The molecule has 8 nitrogen and oxygen atoms in total. The number of esters is 1. The van der Waals surface area contributed by atoms with Gasteiger partial charge >= 0.3 is 5.97 Å². The number of carbonyl (C=O) groups is 2. The number of thiazole rings is 1. The summed E-state index contributed by atoms with van der Waals surface area (Å²) in [4.78, 5) is 45.5. The fourth-order valence-corrected chi connectivity index (χ4v) is 5.37. The number of amides is 1. The molecule has 9 heteroatoms. The summed E-state index contributed by atoms with van der Waals surface area (Å²) < 4.78 is 17.6. The van der Waals surface area contributed by atoms with Crippen LogP contribution in [0.15, 0.2) is 68.2 Å². The monoisotopic (exact) mass is 486 g/mol. The fourth-order valence-electron chi connectivity index (χ4n) is 4.34. The molecule has 2 aromatic carbocycles. The lowest BCUT2D eigenvalue weighted by Gasteiger charge is -2.20. The van der Waals surface area contributed by atoms with E-state index in [-0.39, 0.29) is 23.4 Å². The Morgan fingerprint density at radius 2 is 1.94 bits per heavy atom. The summed E-state index contributed by atoms with van der Waals surface area (Å²) in [6.07, 6.45) is 0. The van der Waals surface area contributed by atoms with E-state index in [4.69, 9.17) is 13.6 Å². The first-order valence-corrected chi connectivity index (χ1v) is 11.8. The second-order valence-corrected chi connectivity index (χ2v) is 9.10. The van der Waals surface area contributed by atoms with Crippen LogP contribution in [0.25, 0.3) is 21.2 Å². The number of anilines is 1. The van der Waals surface area contributed by atoms with Gasteiger partial charge in [-0.25, -0.2) is 9.78 Å². The van der Waals surface area contributed by atoms with Gasteiger partial charge in [-0.3, -0.25) is 14.5 Å². The van der Waals surface area contributed by atoms with E-state index < -0.39 is 17.9 Å². The second kappa shape index (κ2) is 7.92. The lowest BCUT2D eigenvalue weighted by atomic mass is 10.0. The van der Waals surface area contributed by atoms with Crippen LogP contribution < -0.4 is 10.3 Å². The number of hydrogen-bond donors (Lipinski definition) is 0. The molecule has 3 aromatic heterocycles. The smallest absolute Gasteiger partial charge is 0.338 e. The van der Waals surface area contributed by atoms with Crippen molar-refractivity contribution in [1.82, 2.24) is 4.98 Å². The summed E-state index contributed by atoms with van der Waals surface area (Å²) in [5, 5.41) is 0.748. The van der Waals surface area contributed by atoms with Crippen molar-refractivity contribution in [2.45, 2.75) is 19.9 Å². The number of hydrogen-bond acceptors (Lipinski definition) is 8. The van der Waals surface area contributed by atoms with E-state index in [0.29, 0.717) is 43.4 Å². The highest BCUT2D eigenvalue weighted by molar-refractivity contribution is 7.22. The van der Waals surface area contributed by atoms with Crippen molar-refractivity contribution in [3.05, 3.63) is 93.2 Å². The quantitative estimate of drug-likeness (QED) is 0.321. The predicted octanol–water partition coefficient (Wildman–Crippen LogP) is 5.23. The van der Waals surface area contributed by atoms with Crippen molar-refractivity contribution in [2.75, 3.05) is 11.5 Å². The summed E-state index contributed by atoms with van der Waals surface area (Å²) in [5.74, 6) is 0.142. The highest BCUT2D eigenvalue weighted by Gasteiger charge is 2.46. The maximum absolute atomic E-state index is 13.7. The number of benzene rings is 2. The molecule has 35 heavy (non-hydrogen) atoms. The van der Waals surface area contributed by atoms with E-state index in [1.165, 1.54) is 16.2 Å². The summed E-state index contributed by atoms with van der Waals surface area (Å²) in [6, 6.07) is 14.6. The van der Waals surface area contributed by atoms with E-state index in [1.54, 1.807) is 68.4 Å². The maximum atomic E-state index is 13.7. The van der Waals surface area contributed by atoms with Crippen LogP contribution in [0.3, 0.4) is 0 Å². The normalized spacial score (nSPS) is 15.2. The van der Waals surface area contributed by atoms with Crippen molar-refractivity contribution in [2.24, 2.45) is 0 Å². The predicted molar refractivity (Wildman–Crippen MR) is 130 cm³/mol. The molecule has 0 N–H and O–H groups in total. The summed E-state index contributed by atoms with van der Waals surface area (Å²) in [5.41, 5.74) is 1.27. The van der Waals surface area contributed by atoms with Crippen LogP contribution in [0, 0.1) is 6.92 Å². The molecule has 1 atom stereocenters. The van der Waals surface area contributed by atoms with Gasteiger partial charge < -0.3 is 13.6 Å². The van der Waals surface area contributed by atoms with Crippen LogP contribution in [0.1, 0.15) is 51.0 Å². The van der Waals surface area contributed by atoms with E-state index in [0.717, 1.165) is 0 Å². The number of fused-ring (bicyclic) bond motifs is 3. The zero-order valence-electron chi connectivity index (χ0n) is 18.7. The topological polar surface area (TPSA) is 103 Å². The lowest BCUT2D eigenvalue weighted by molar-refractivity contribution is 0.0526. The van der Waals surface area contributed by atoms with Crippen molar-refractivity contribution in [1.29, 1.82) is 0 Å². The van der Waals surface area contributed by atoms with E-state index in [2.05, 4.69) is 4.98 Å². The van der Waals surface area contributed by atoms with E-state index in [9.17, 15) is 14.4 Å². The van der Waals surface area contributed by atoms with Crippen molar-refractivity contribution in [3.8, 4) is 0 Å². The van der Waals surface area contributed by atoms with Gasteiger partial charge in [0.15, 0.2) is 10.6 Å². The Hall–Kier alpha value is -4.24. The van der Waals surface area contributed by atoms with Crippen LogP contribution in [0.5, 0.6) is 0 Å². The van der Waals surface area contributed by atoms with Crippen molar-refractivity contribution < 1.29 is 23.2 Å². The van der Waals surface area contributed by atoms with Crippen LogP contribution in [0.2, 0.25) is 0 Å². The number of aromatic nitrogens is 1. The first-order valence-electron chi connectivity index (χ1n) is 11.0. The average molecular weight is 487 g/mol. The molecule has 0 fully saturated rings. The molecular formula is C26H18N2O6S. The Morgan fingerprint density at radius 3 is 2.71 bits per heavy atom. The number of nitrogens with zero attached hydrogens (tertiary/aromatic N) is 2. The maximum Gasteiger partial charge on any atom is 0.338 e. The van der Waals surface area contributed by atoms with Crippen molar-refractivity contribution in [3.63, 3.8) is 0 Å². The summed E-state index contributed by atoms with van der Waals surface area (Å²) in [6.45, 7) is 3.81. The van der Waals surface area contributed by atoms with Gasteiger partial charge in [0.1, 0.15) is 23.1 Å². The van der Waals surface area contributed by atoms with Gasteiger partial charge in [-0.2, -0.15) is 0 Å². The molecule has 0 radical (unpaired) electrons. The Kier molecular flexibility index (Phi) is 4.82. The molecule has 0 unspecified atom stereocenters. The highest BCUT2D eigenvalue weighted by Crippen LogP contribution is 2.44. The summed E-state index contributed by atoms with van der Waals surface area (Å²) >= 11 is 1.23. The molecule has 0 bridgehead atoms. The van der Waals surface area contributed by atoms with E-state index in [1.807, 2.05) is 0 Å². The van der Waals surface area contributed by atoms with E-state index >= 15 is 0 Å². The zero-order valence-corrected chi connectivity index (χ0v) is 19.5. The molecule has 0 saturated carbocycles. The standard InChI is InChI=1S/C26H18N2O6S/c1-3-32-25(31)14-9-10-16-19(12-14)35-26(27-16)28-21(18-11-8-13(2)33-18)20-22(29)15-6-4-5-7-17(15)34-23(20)24(28)30/h4-12,21H,3H2,1-2H3/t21-/m0/s1. The number of aryl methyl sites for hydroxylation is 1. The second-order valence-electron chi connectivity index (χ2n) is 8.10. The van der Waals surface area contributed by atoms with Gasteiger partial charge in [0, 0.05) is 0 Å². The first kappa shape index (κ1) is 21.3. The first-order chi connectivity index (χ1) is 17.0. The van der Waals surface area contributed by atoms with Crippen LogP contribution >= 0.6 is 11.3 Å². The van der Waals surface area contributed by atoms with Gasteiger partial charge in [0.25, 0.3) is 5.91 Å². The minimum absolute atomic E-state index is 0.0285. The molecule has 0 aliphatic carbocycles. The van der Waals surface area contributed by atoms with Crippen LogP contribution in [-0.4, -0.2) is 23.5 Å². The number of rotatable bonds is 4. The third-order valence-electron chi connectivity index (χ3n) is 5.90. The van der Waals surface area contributed by atoms with Crippen LogP contribution in [-0.2, 0) is 4.74 Å². The number of furan rings is 1. The minimum atomic E-state index is -0.836. The third kappa shape index (κ3) is 3.27. The SMILES string of the molecule is CCOC(=O)c1ccc2nc(N3C(=O)c4oc5ccccc5c(=O)c4[C@@H]3c3ccc(C)o3)sc2c1. The molecule has 0 saturated heterocycles. The summed E-state index contributed by atoms with van der Waals surface area (Å²) in [7, 11) is 0. The molecule has 5 aromatic rings. The van der Waals surface area contributed by atoms with Gasteiger partial charge in [0.2, 0.25) is 5.76 Å². The Bertz CT molecular complexity index is 1710. The molecular weight excluding hydrogens is 468 g/mol. The molecule has 6 rings (SSSR count). The van der Waals surface area contributed by atoms with Crippen LogP contribution in [0.4, 0.5) is 5.13 Å². The number of ether oxygens (including phenoxy) is 1. The lowest BCUT2D eigenvalue weighted by Crippen LogP contribution is -2.29. The largest absolute Gasteiger partial charge is 0.464 e. The molecule has 1 aliphatic rings. The minimum Gasteiger partial charge on any atom is -0.464 e. The van der Waals surface area contributed by atoms with Gasteiger partial charge in [0.05, 0.1) is 33.3 Å². The zero-order chi connectivity index (χ0) is 24.3. The molecule has 1 aliphatic heterocycles. The Labute approximate surface area is 202 Å². The Morgan fingerprint density at radius 1 is 1.11 bits per heavy atom. The molecule has 1 amide bonds. The molecule has 4 heterocycles. The highest BCUT2D eigenvalue weighted by atomic mass is 32.1. The van der Waals surface area contributed by atoms with Gasteiger partial charge in [-0.15, -0.1) is 0 Å².